The predicted octanol–water partition coefficient (Wildman–Crippen LogP) is 1.91. The van der Waals surface area contributed by atoms with Crippen LogP contribution in [0.5, 0.6) is 11.5 Å². The number of phenols is 1. The highest BCUT2D eigenvalue weighted by Crippen LogP contribution is 2.27. The fourth-order valence-corrected chi connectivity index (χ4v) is 1.90. The average molecular weight is 237 g/mol. The zero-order chi connectivity index (χ0) is 12.3. The van der Waals surface area contributed by atoms with Crippen LogP contribution in [-0.2, 0) is 0 Å². The van der Waals surface area contributed by atoms with Crippen molar-refractivity contribution in [1.29, 1.82) is 0 Å². The Morgan fingerprint density at radius 1 is 1.29 bits per heavy atom. The molecule has 0 atom stereocenters. The lowest BCUT2D eigenvalue weighted by Crippen LogP contribution is -2.41. The molecule has 0 unspecified atom stereocenters. The molecule has 0 aliphatic carbocycles. The van der Waals surface area contributed by atoms with Gasteiger partial charge in [0, 0.05) is 25.9 Å². The number of nitrogens with zero attached hydrogens (tertiary/aromatic N) is 1. The summed E-state index contributed by atoms with van der Waals surface area (Å²) in [5.74, 6) is 0.578. The van der Waals surface area contributed by atoms with Crippen LogP contribution in [0.15, 0.2) is 24.3 Å². The zero-order valence-corrected chi connectivity index (χ0v) is 9.37. The lowest BCUT2D eigenvalue weighted by molar-refractivity contribution is 0.0878. The molecule has 2 N–H and O–H groups in total. The van der Waals surface area contributed by atoms with E-state index in [1.165, 1.54) is 4.90 Å². The number of phenolic OH excluding ortho intramolecular Hbond substituents is 1. The van der Waals surface area contributed by atoms with Gasteiger partial charge in [-0.25, -0.2) is 4.79 Å². The predicted molar refractivity (Wildman–Crippen MR) is 61.4 cm³/mol. The molecule has 1 heterocycles. The van der Waals surface area contributed by atoms with Gasteiger partial charge in [-0.15, -0.1) is 0 Å². The van der Waals surface area contributed by atoms with E-state index in [-0.39, 0.29) is 11.9 Å². The fourth-order valence-electron chi connectivity index (χ4n) is 1.90. The number of piperidine rings is 1. The number of rotatable bonds is 2. The van der Waals surface area contributed by atoms with Gasteiger partial charge < -0.3 is 19.8 Å². The first-order chi connectivity index (χ1) is 8.16. The van der Waals surface area contributed by atoms with Gasteiger partial charge in [0.05, 0.1) is 0 Å². The lowest BCUT2D eigenvalue weighted by Gasteiger charge is -2.30. The first-order valence-electron chi connectivity index (χ1n) is 5.59. The van der Waals surface area contributed by atoms with Gasteiger partial charge in [0.15, 0.2) is 11.5 Å². The molecule has 1 aliphatic rings. The van der Waals surface area contributed by atoms with Crippen molar-refractivity contribution in [2.24, 2.45) is 0 Å². The molecule has 0 spiro atoms. The standard InChI is InChI=1S/C12H15NO4/c14-10-3-1-2-4-11(10)17-9-5-7-13(8-6-9)12(15)16/h1-4,9,14H,5-8H2,(H,15,16). The smallest absolute Gasteiger partial charge is 0.407 e. The highest BCUT2D eigenvalue weighted by atomic mass is 16.5. The number of hydrogen-bond acceptors (Lipinski definition) is 3. The molecule has 92 valence electrons. The van der Waals surface area contributed by atoms with Gasteiger partial charge in [0.25, 0.3) is 0 Å². The fraction of sp³-hybridized carbons (Fsp3) is 0.417. The SMILES string of the molecule is O=C(O)N1CCC(Oc2ccccc2O)CC1. The van der Waals surface area contributed by atoms with Gasteiger partial charge in [-0.05, 0) is 12.1 Å². The summed E-state index contributed by atoms with van der Waals surface area (Å²) in [5, 5.41) is 18.4. The third-order valence-electron chi connectivity index (χ3n) is 2.87. The van der Waals surface area contributed by atoms with Crippen LogP contribution in [0.3, 0.4) is 0 Å². The molecule has 1 fully saturated rings. The maximum absolute atomic E-state index is 10.7. The molecule has 1 aromatic rings. The number of carboxylic acid groups (broad SMARTS) is 1. The Bertz CT molecular complexity index is 399. The van der Waals surface area contributed by atoms with E-state index in [1.807, 2.05) is 0 Å². The number of hydrogen-bond donors (Lipinski definition) is 2. The van der Waals surface area contributed by atoms with Crippen molar-refractivity contribution in [1.82, 2.24) is 4.90 Å². The summed E-state index contributed by atoms with van der Waals surface area (Å²) >= 11 is 0. The van der Waals surface area contributed by atoms with Crippen LogP contribution in [-0.4, -0.2) is 40.4 Å². The van der Waals surface area contributed by atoms with Gasteiger partial charge in [-0.2, -0.15) is 0 Å². The number of amides is 1. The van der Waals surface area contributed by atoms with Gasteiger partial charge >= 0.3 is 6.09 Å². The van der Waals surface area contributed by atoms with Crippen molar-refractivity contribution >= 4 is 6.09 Å². The number of benzene rings is 1. The van der Waals surface area contributed by atoms with Crippen LogP contribution >= 0.6 is 0 Å². The summed E-state index contributed by atoms with van der Waals surface area (Å²) in [6.07, 6.45) is 0.395. The Labute approximate surface area is 99.2 Å². The molecule has 0 aromatic heterocycles. The second kappa shape index (κ2) is 4.95. The average Bonchev–Trinajstić information content (AvgIpc) is 2.33. The topological polar surface area (TPSA) is 70.0 Å². The highest BCUT2D eigenvalue weighted by molar-refractivity contribution is 5.65. The largest absolute Gasteiger partial charge is 0.504 e. The van der Waals surface area contributed by atoms with Gasteiger partial charge in [-0.1, -0.05) is 12.1 Å². The Morgan fingerprint density at radius 3 is 2.53 bits per heavy atom. The van der Waals surface area contributed by atoms with Gasteiger partial charge in [0.1, 0.15) is 6.10 Å². The summed E-state index contributed by atoms with van der Waals surface area (Å²) < 4.78 is 5.64. The number of carbonyl (C=O) groups is 1. The second-order valence-corrected chi connectivity index (χ2v) is 4.05. The summed E-state index contributed by atoms with van der Waals surface area (Å²) in [4.78, 5) is 12.1. The Kier molecular flexibility index (Phi) is 3.37. The molecule has 1 amide bonds. The molecule has 1 aromatic carbocycles. The molecule has 17 heavy (non-hydrogen) atoms. The number of para-hydroxylation sites is 2. The van der Waals surface area contributed by atoms with Crippen molar-refractivity contribution in [2.75, 3.05) is 13.1 Å². The lowest BCUT2D eigenvalue weighted by atomic mass is 10.1. The maximum Gasteiger partial charge on any atom is 0.407 e. The van der Waals surface area contributed by atoms with Gasteiger partial charge in [-0.3, -0.25) is 0 Å². The molecule has 0 saturated carbocycles. The second-order valence-electron chi connectivity index (χ2n) is 4.05. The molecule has 0 radical (unpaired) electrons. The molecule has 1 saturated heterocycles. The monoisotopic (exact) mass is 237 g/mol. The summed E-state index contributed by atoms with van der Waals surface area (Å²) in [7, 11) is 0. The van der Waals surface area contributed by atoms with E-state index in [0.29, 0.717) is 31.7 Å². The molecule has 5 nitrogen and oxygen atoms in total. The van der Waals surface area contributed by atoms with E-state index in [1.54, 1.807) is 24.3 Å². The summed E-state index contributed by atoms with van der Waals surface area (Å²) in [6, 6.07) is 6.80. The van der Waals surface area contributed by atoms with E-state index >= 15 is 0 Å². The molecule has 1 aliphatic heterocycles. The molecule has 0 bridgehead atoms. The molecular weight excluding hydrogens is 222 g/mol. The zero-order valence-electron chi connectivity index (χ0n) is 9.37. The highest BCUT2D eigenvalue weighted by Gasteiger charge is 2.23. The van der Waals surface area contributed by atoms with Crippen LogP contribution in [0.1, 0.15) is 12.8 Å². The van der Waals surface area contributed by atoms with E-state index in [9.17, 15) is 9.90 Å². The van der Waals surface area contributed by atoms with Crippen LogP contribution in [0.25, 0.3) is 0 Å². The number of aromatic hydroxyl groups is 1. The van der Waals surface area contributed by atoms with Gasteiger partial charge in [0.2, 0.25) is 0 Å². The van der Waals surface area contributed by atoms with Crippen LogP contribution in [0.4, 0.5) is 4.79 Å². The Hall–Kier alpha value is -1.91. The minimum absolute atomic E-state index is 0.0288. The van der Waals surface area contributed by atoms with Crippen molar-refractivity contribution < 1.29 is 19.7 Å². The maximum atomic E-state index is 10.7. The Balaban J connectivity index is 1.90. The third-order valence-corrected chi connectivity index (χ3v) is 2.87. The molecular formula is C12H15NO4. The Morgan fingerprint density at radius 2 is 1.94 bits per heavy atom. The minimum Gasteiger partial charge on any atom is -0.504 e. The van der Waals surface area contributed by atoms with Crippen molar-refractivity contribution in [3.8, 4) is 11.5 Å². The first-order valence-corrected chi connectivity index (χ1v) is 5.59. The quantitative estimate of drug-likeness (QED) is 0.824. The molecule has 5 heteroatoms. The first kappa shape index (κ1) is 11.6. The van der Waals surface area contributed by atoms with E-state index < -0.39 is 6.09 Å². The summed E-state index contributed by atoms with van der Waals surface area (Å²) in [6.45, 7) is 0.960. The van der Waals surface area contributed by atoms with Crippen LogP contribution in [0.2, 0.25) is 0 Å². The van der Waals surface area contributed by atoms with E-state index in [2.05, 4.69) is 0 Å². The van der Waals surface area contributed by atoms with Crippen molar-refractivity contribution in [2.45, 2.75) is 18.9 Å². The van der Waals surface area contributed by atoms with Crippen molar-refractivity contribution in [3.63, 3.8) is 0 Å². The van der Waals surface area contributed by atoms with Crippen LogP contribution in [0, 0.1) is 0 Å². The molecule has 2 rings (SSSR count). The third kappa shape index (κ3) is 2.81. The minimum atomic E-state index is -0.883. The normalized spacial score (nSPS) is 16.8. The van der Waals surface area contributed by atoms with Crippen molar-refractivity contribution in [3.05, 3.63) is 24.3 Å². The van der Waals surface area contributed by atoms with Crippen LogP contribution < -0.4 is 4.74 Å². The van der Waals surface area contributed by atoms with E-state index in [0.717, 1.165) is 0 Å². The summed E-state index contributed by atoms with van der Waals surface area (Å²) in [5.41, 5.74) is 0. The number of likely N-dealkylation sites (tertiary alicyclic amines) is 1. The van der Waals surface area contributed by atoms with E-state index in [4.69, 9.17) is 9.84 Å². The number of ether oxygens (including phenoxy) is 1.